The van der Waals surface area contributed by atoms with Gasteiger partial charge in [-0.25, -0.2) is 0 Å². The van der Waals surface area contributed by atoms with E-state index in [0.717, 1.165) is 13.1 Å². The monoisotopic (exact) mass is 215 g/mol. The minimum atomic E-state index is -0.696. The molecule has 1 N–H and O–H groups in total. The lowest BCUT2D eigenvalue weighted by Gasteiger charge is -2.26. The van der Waals surface area contributed by atoms with E-state index in [1.807, 2.05) is 0 Å². The van der Waals surface area contributed by atoms with E-state index < -0.39 is 5.97 Å². The van der Waals surface area contributed by atoms with Crippen LogP contribution in [0.15, 0.2) is 0 Å². The summed E-state index contributed by atoms with van der Waals surface area (Å²) in [7, 11) is 0. The van der Waals surface area contributed by atoms with E-state index in [1.54, 1.807) is 6.92 Å². The summed E-state index contributed by atoms with van der Waals surface area (Å²) < 4.78 is 0. The Labute approximate surface area is 93.5 Å². The van der Waals surface area contributed by atoms with Gasteiger partial charge < -0.3 is 10.0 Å². The lowest BCUT2D eigenvalue weighted by Crippen LogP contribution is -2.35. The Balaban J connectivity index is 4.07. The van der Waals surface area contributed by atoms with Crippen molar-refractivity contribution < 1.29 is 9.90 Å². The van der Waals surface area contributed by atoms with Gasteiger partial charge in [-0.3, -0.25) is 4.79 Å². The number of hydrogen-bond acceptors (Lipinski definition) is 2. The summed E-state index contributed by atoms with van der Waals surface area (Å²) in [5.74, 6) is -0.261. The lowest BCUT2D eigenvalue weighted by molar-refractivity contribution is -0.141. The van der Waals surface area contributed by atoms with Gasteiger partial charge in [-0.15, -0.1) is 0 Å². The van der Waals surface area contributed by atoms with Gasteiger partial charge in [0.05, 0.1) is 5.92 Å². The van der Waals surface area contributed by atoms with Gasteiger partial charge in [-0.05, 0) is 12.5 Å². The van der Waals surface area contributed by atoms with Crippen molar-refractivity contribution in [3.8, 4) is 0 Å². The Hall–Kier alpha value is -0.570. The fourth-order valence-electron chi connectivity index (χ4n) is 1.71. The van der Waals surface area contributed by atoms with Crippen LogP contribution in [0.5, 0.6) is 0 Å². The Morgan fingerprint density at radius 2 is 1.73 bits per heavy atom. The molecule has 1 unspecified atom stereocenters. The van der Waals surface area contributed by atoms with Crippen LogP contribution in [-0.2, 0) is 4.79 Å². The van der Waals surface area contributed by atoms with Gasteiger partial charge in [-0.1, -0.05) is 40.5 Å². The summed E-state index contributed by atoms with van der Waals surface area (Å²) in [4.78, 5) is 13.0. The predicted molar refractivity (Wildman–Crippen MR) is 63.0 cm³/mol. The number of carboxylic acid groups (broad SMARTS) is 1. The van der Waals surface area contributed by atoms with Crippen LogP contribution in [0, 0.1) is 11.8 Å². The molecule has 0 saturated heterocycles. The van der Waals surface area contributed by atoms with Gasteiger partial charge in [0.15, 0.2) is 0 Å². The van der Waals surface area contributed by atoms with Crippen LogP contribution in [0.1, 0.15) is 40.5 Å². The van der Waals surface area contributed by atoms with E-state index in [2.05, 4.69) is 25.7 Å². The summed E-state index contributed by atoms with van der Waals surface area (Å²) in [6.45, 7) is 10.9. The number of rotatable bonds is 8. The summed E-state index contributed by atoms with van der Waals surface area (Å²) >= 11 is 0. The van der Waals surface area contributed by atoms with E-state index in [4.69, 9.17) is 5.11 Å². The summed E-state index contributed by atoms with van der Waals surface area (Å²) in [6.07, 6.45) is 2.35. The Morgan fingerprint density at radius 3 is 2.07 bits per heavy atom. The molecule has 0 amide bonds. The highest BCUT2D eigenvalue weighted by Crippen LogP contribution is 2.11. The number of nitrogens with zero attached hydrogens (tertiary/aromatic N) is 1. The van der Waals surface area contributed by atoms with Gasteiger partial charge >= 0.3 is 5.97 Å². The Morgan fingerprint density at radius 1 is 1.20 bits per heavy atom. The second-order valence-electron chi connectivity index (χ2n) is 4.27. The molecule has 90 valence electrons. The first kappa shape index (κ1) is 14.4. The highest BCUT2D eigenvalue weighted by Gasteiger charge is 2.16. The van der Waals surface area contributed by atoms with E-state index in [9.17, 15) is 4.79 Å². The van der Waals surface area contributed by atoms with Gasteiger partial charge in [0.1, 0.15) is 0 Å². The first-order valence-electron chi connectivity index (χ1n) is 6.00. The maximum Gasteiger partial charge on any atom is 0.307 e. The normalized spacial score (nSPS) is 13.5. The number of hydrogen-bond donors (Lipinski definition) is 1. The SMILES string of the molecule is CCC(CC)CN(CC)CC(C)C(=O)O. The molecular formula is C12H25NO2. The number of carboxylic acids is 1. The van der Waals surface area contributed by atoms with E-state index in [1.165, 1.54) is 12.8 Å². The van der Waals surface area contributed by atoms with E-state index in [0.29, 0.717) is 12.5 Å². The minimum Gasteiger partial charge on any atom is -0.481 e. The van der Waals surface area contributed by atoms with Gasteiger partial charge in [0.25, 0.3) is 0 Å². The molecule has 0 aromatic heterocycles. The molecular weight excluding hydrogens is 190 g/mol. The standard InChI is InChI=1S/C12H25NO2/c1-5-11(6-2)9-13(7-3)8-10(4)12(14)15/h10-11H,5-9H2,1-4H3,(H,14,15). The molecule has 0 aliphatic carbocycles. The first-order chi connectivity index (χ1) is 7.04. The fourth-order valence-corrected chi connectivity index (χ4v) is 1.71. The van der Waals surface area contributed by atoms with Gasteiger partial charge in [0.2, 0.25) is 0 Å². The number of carbonyl (C=O) groups is 1. The van der Waals surface area contributed by atoms with Gasteiger partial charge in [-0.2, -0.15) is 0 Å². The second-order valence-corrected chi connectivity index (χ2v) is 4.27. The largest absolute Gasteiger partial charge is 0.481 e. The average molecular weight is 215 g/mol. The van der Waals surface area contributed by atoms with Crippen molar-refractivity contribution in [1.29, 1.82) is 0 Å². The highest BCUT2D eigenvalue weighted by atomic mass is 16.4. The van der Waals surface area contributed by atoms with E-state index >= 15 is 0 Å². The third kappa shape index (κ3) is 5.78. The van der Waals surface area contributed by atoms with Crippen molar-refractivity contribution in [2.24, 2.45) is 11.8 Å². The lowest BCUT2D eigenvalue weighted by atomic mass is 10.0. The first-order valence-corrected chi connectivity index (χ1v) is 6.00. The highest BCUT2D eigenvalue weighted by molar-refractivity contribution is 5.69. The van der Waals surface area contributed by atoms with Crippen LogP contribution in [-0.4, -0.2) is 35.6 Å². The van der Waals surface area contributed by atoms with Crippen LogP contribution >= 0.6 is 0 Å². The second kappa shape index (κ2) is 7.69. The topological polar surface area (TPSA) is 40.5 Å². The van der Waals surface area contributed by atoms with Crippen LogP contribution in [0.3, 0.4) is 0 Å². The minimum absolute atomic E-state index is 0.265. The maximum absolute atomic E-state index is 10.7. The zero-order chi connectivity index (χ0) is 11.8. The summed E-state index contributed by atoms with van der Waals surface area (Å²) in [5.41, 5.74) is 0. The van der Waals surface area contributed by atoms with Crippen molar-refractivity contribution in [3.05, 3.63) is 0 Å². The molecule has 0 aliphatic heterocycles. The molecule has 0 aromatic rings. The molecule has 0 aromatic carbocycles. The molecule has 15 heavy (non-hydrogen) atoms. The Bertz CT molecular complexity index is 178. The Kier molecular flexibility index (Phi) is 7.39. The molecule has 0 radical (unpaired) electrons. The molecule has 3 nitrogen and oxygen atoms in total. The molecule has 0 aliphatic rings. The quantitative estimate of drug-likeness (QED) is 0.676. The van der Waals surface area contributed by atoms with Crippen LogP contribution in [0.25, 0.3) is 0 Å². The van der Waals surface area contributed by atoms with Crippen molar-refractivity contribution in [2.45, 2.75) is 40.5 Å². The van der Waals surface area contributed by atoms with Crippen LogP contribution in [0.4, 0.5) is 0 Å². The summed E-state index contributed by atoms with van der Waals surface area (Å²) in [5, 5.41) is 8.85. The molecule has 0 bridgehead atoms. The van der Waals surface area contributed by atoms with E-state index in [-0.39, 0.29) is 5.92 Å². The predicted octanol–water partition coefficient (Wildman–Crippen LogP) is 2.47. The van der Waals surface area contributed by atoms with Crippen molar-refractivity contribution in [1.82, 2.24) is 4.90 Å². The molecule has 3 heteroatoms. The fraction of sp³-hybridized carbons (Fsp3) is 0.917. The van der Waals surface area contributed by atoms with Crippen molar-refractivity contribution >= 4 is 5.97 Å². The molecule has 0 rings (SSSR count). The number of aliphatic carboxylic acids is 1. The smallest absolute Gasteiger partial charge is 0.307 e. The molecule has 0 spiro atoms. The molecule has 1 atom stereocenters. The molecule has 0 saturated carbocycles. The van der Waals surface area contributed by atoms with Crippen LogP contribution in [0.2, 0.25) is 0 Å². The third-order valence-electron chi connectivity index (χ3n) is 3.07. The maximum atomic E-state index is 10.7. The van der Waals surface area contributed by atoms with Gasteiger partial charge in [0, 0.05) is 13.1 Å². The molecule has 0 fully saturated rings. The van der Waals surface area contributed by atoms with Crippen LogP contribution < -0.4 is 0 Å². The summed E-state index contributed by atoms with van der Waals surface area (Å²) in [6, 6.07) is 0. The zero-order valence-electron chi connectivity index (χ0n) is 10.5. The molecule has 0 heterocycles. The average Bonchev–Trinajstić information content (AvgIpc) is 2.23. The zero-order valence-corrected chi connectivity index (χ0v) is 10.5. The van der Waals surface area contributed by atoms with Crippen molar-refractivity contribution in [3.63, 3.8) is 0 Å². The van der Waals surface area contributed by atoms with Crippen molar-refractivity contribution in [2.75, 3.05) is 19.6 Å². The third-order valence-corrected chi connectivity index (χ3v) is 3.07.